The first-order valence-corrected chi connectivity index (χ1v) is 10.7. The Balaban J connectivity index is 0.000000707. The van der Waals surface area contributed by atoms with Crippen LogP contribution < -0.4 is 10.1 Å². The van der Waals surface area contributed by atoms with Gasteiger partial charge in [-0.1, -0.05) is 39.8 Å². The number of nitrogens with zero attached hydrogens (tertiary/aromatic N) is 2. The Morgan fingerprint density at radius 2 is 1.62 bits per heavy atom. The Morgan fingerprint density at radius 3 is 2.28 bits per heavy atom. The average Bonchev–Trinajstić information content (AvgIpc) is 3.28. The molecule has 3 heterocycles. The second-order valence-electron chi connectivity index (χ2n) is 6.34. The number of hydrogen-bond donors (Lipinski definition) is 2. The third-order valence-corrected chi connectivity index (χ3v) is 4.76. The zero-order chi connectivity index (χ0) is 21.1. The number of benzene rings is 1. The predicted molar refractivity (Wildman–Crippen MR) is 121 cm³/mol. The monoisotopic (exact) mass is 394 g/mol. The molecule has 5 heteroatoms. The predicted octanol–water partition coefficient (Wildman–Crippen LogP) is 5.67. The number of pyridine rings is 1. The number of rotatable bonds is 4. The Bertz CT molecular complexity index is 839. The van der Waals surface area contributed by atoms with Gasteiger partial charge in [-0.3, -0.25) is 4.98 Å². The lowest BCUT2D eigenvalue weighted by Crippen LogP contribution is -2.27. The van der Waals surface area contributed by atoms with Crippen LogP contribution in [0, 0.1) is 0 Å². The Labute approximate surface area is 175 Å². The summed E-state index contributed by atoms with van der Waals surface area (Å²) < 4.78 is 5.39. The lowest BCUT2D eigenvalue weighted by atomic mass is 9.98. The minimum atomic E-state index is 0.473. The highest BCUT2D eigenvalue weighted by molar-refractivity contribution is 5.78. The fraction of sp³-hybridized carbons (Fsp3) is 0.417. The van der Waals surface area contributed by atoms with Crippen molar-refractivity contribution in [2.75, 3.05) is 20.2 Å². The molecule has 4 rings (SSSR count). The van der Waals surface area contributed by atoms with Crippen molar-refractivity contribution in [3.05, 3.63) is 54.6 Å². The van der Waals surface area contributed by atoms with Crippen molar-refractivity contribution in [3.63, 3.8) is 0 Å². The smallest absolute Gasteiger partial charge is 0.119 e. The van der Waals surface area contributed by atoms with E-state index >= 15 is 0 Å². The Kier molecular flexibility index (Phi) is 9.38. The summed E-state index contributed by atoms with van der Waals surface area (Å²) in [5, 5.41) is 3.42. The molecule has 1 saturated heterocycles. The summed E-state index contributed by atoms with van der Waals surface area (Å²) in [6.07, 6.45) is 5.85. The number of methoxy groups -OCH3 is 1. The van der Waals surface area contributed by atoms with Gasteiger partial charge in [0.15, 0.2) is 0 Å². The molecule has 5 nitrogen and oxygen atoms in total. The molecule has 0 amide bonds. The van der Waals surface area contributed by atoms with Gasteiger partial charge in [0.2, 0.25) is 0 Å². The average molecular weight is 395 g/mol. The number of aromatic nitrogens is 3. The van der Waals surface area contributed by atoms with Crippen LogP contribution in [0.3, 0.4) is 0 Å². The van der Waals surface area contributed by atoms with Crippen LogP contribution in [0.2, 0.25) is 0 Å². The molecule has 0 bridgehead atoms. The number of nitrogens with one attached hydrogen (secondary N) is 2. The largest absolute Gasteiger partial charge is 0.497 e. The summed E-state index contributed by atoms with van der Waals surface area (Å²) in [6.45, 7) is 10.1. The molecular weight excluding hydrogens is 360 g/mol. The van der Waals surface area contributed by atoms with Gasteiger partial charge < -0.3 is 15.0 Å². The number of H-pyrrole nitrogens is 1. The van der Waals surface area contributed by atoms with Gasteiger partial charge in [0.1, 0.15) is 11.6 Å². The van der Waals surface area contributed by atoms with E-state index < -0.39 is 0 Å². The molecule has 0 aliphatic carbocycles. The molecule has 0 radical (unpaired) electrons. The van der Waals surface area contributed by atoms with Gasteiger partial charge in [-0.2, -0.15) is 0 Å². The van der Waals surface area contributed by atoms with Crippen LogP contribution in [-0.4, -0.2) is 35.2 Å². The van der Waals surface area contributed by atoms with Crippen LogP contribution in [-0.2, 0) is 0 Å². The van der Waals surface area contributed by atoms with Crippen LogP contribution in [0.5, 0.6) is 5.75 Å². The summed E-state index contributed by atoms with van der Waals surface area (Å²) in [5.41, 5.74) is 4.17. The molecule has 2 aromatic heterocycles. The molecule has 1 aromatic carbocycles. The van der Waals surface area contributed by atoms with Crippen molar-refractivity contribution < 1.29 is 4.74 Å². The van der Waals surface area contributed by atoms with E-state index in [0.29, 0.717) is 5.92 Å². The van der Waals surface area contributed by atoms with E-state index in [4.69, 9.17) is 9.72 Å². The van der Waals surface area contributed by atoms with Crippen molar-refractivity contribution >= 4 is 0 Å². The number of aromatic amines is 1. The molecule has 1 aliphatic heterocycles. The molecule has 156 valence electrons. The lowest BCUT2D eigenvalue weighted by Gasteiger charge is -2.20. The second kappa shape index (κ2) is 12.0. The van der Waals surface area contributed by atoms with Crippen molar-refractivity contribution in [1.82, 2.24) is 20.3 Å². The van der Waals surface area contributed by atoms with Gasteiger partial charge >= 0.3 is 0 Å². The van der Waals surface area contributed by atoms with Crippen LogP contribution in [0.15, 0.2) is 48.8 Å². The first-order chi connectivity index (χ1) is 14.3. The molecule has 0 unspecified atom stereocenters. The quantitative estimate of drug-likeness (QED) is 0.599. The summed E-state index contributed by atoms with van der Waals surface area (Å²) in [7, 11) is 1.69. The molecule has 0 spiro atoms. The summed E-state index contributed by atoms with van der Waals surface area (Å²) in [4.78, 5) is 12.7. The van der Waals surface area contributed by atoms with Gasteiger partial charge in [0.25, 0.3) is 0 Å². The summed E-state index contributed by atoms with van der Waals surface area (Å²) >= 11 is 0. The van der Waals surface area contributed by atoms with Crippen LogP contribution in [0.4, 0.5) is 0 Å². The number of piperidine rings is 1. The lowest BCUT2D eigenvalue weighted by molar-refractivity contribution is 0.415. The number of hydrogen-bond acceptors (Lipinski definition) is 4. The molecule has 2 N–H and O–H groups in total. The fourth-order valence-corrected chi connectivity index (χ4v) is 3.39. The van der Waals surface area contributed by atoms with E-state index in [-0.39, 0.29) is 0 Å². The van der Waals surface area contributed by atoms with Crippen LogP contribution >= 0.6 is 0 Å². The summed E-state index contributed by atoms with van der Waals surface area (Å²) in [6, 6.07) is 12.1. The van der Waals surface area contributed by atoms with Crippen LogP contribution in [0.25, 0.3) is 22.5 Å². The van der Waals surface area contributed by atoms with E-state index in [0.717, 1.165) is 60.0 Å². The van der Waals surface area contributed by atoms with Gasteiger partial charge in [-0.05, 0) is 50.2 Å². The maximum absolute atomic E-state index is 5.39. The topological polar surface area (TPSA) is 62.8 Å². The molecule has 0 atom stereocenters. The van der Waals surface area contributed by atoms with Gasteiger partial charge in [0.05, 0.1) is 18.5 Å². The van der Waals surface area contributed by atoms with Gasteiger partial charge in [-0.15, -0.1) is 0 Å². The minimum Gasteiger partial charge on any atom is -0.497 e. The van der Waals surface area contributed by atoms with Crippen LogP contribution in [0.1, 0.15) is 52.3 Å². The maximum atomic E-state index is 5.39. The molecule has 0 saturated carbocycles. The molecule has 29 heavy (non-hydrogen) atoms. The first-order valence-electron chi connectivity index (χ1n) is 10.7. The van der Waals surface area contributed by atoms with Crippen molar-refractivity contribution in [3.8, 4) is 28.3 Å². The Morgan fingerprint density at radius 1 is 0.931 bits per heavy atom. The number of imidazole rings is 1. The zero-order valence-corrected chi connectivity index (χ0v) is 18.3. The molecular formula is C24H34N4O. The summed E-state index contributed by atoms with van der Waals surface area (Å²) in [5.74, 6) is 2.39. The van der Waals surface area contributed by atoms with Crippen molar-refractivity contribution in [1.29, 1.82) is 0 Å². The first kappa shape index (κ1) is 22.6. The molecule has 3 aromatic rings. The second-order valence-corrected chi connectivity index (χ2v) is 6.34. The standard InChI is InChI=1S/C20H22N4O.2C2H6/c1-25-17-4-2-3-16(13-17)19-18(14-5-9-21-10-6-14)23-20(24-19)15-7-11-22-12-8-15;2*1-2/h2-6,9-10,13,15,22H,7-8,11-12H2,1H3,(H,23,24);2*1-2H3. The van der Waals surface area contributed by atoms with Crippen molar-refractivity contribution in [2.45, 2.75) is 46.5 Å². The normalized spacial score (nSPS) is 13.6. The Hall–Kier alpha value is -2.66. The van der Waals surface area contributed by atoms with Gasteiger partial charge in [0, 0.05) is 29.4 Å². The highest BCUT2D eigenvalue weighted by atomic mass is 16.5. The SMILES string of the molecule is CC.CC.COc1cccc(-c2nc(C3CCNCC3)[nH]c2-c2ccncc2)c1. The van der Waals surface area contributed by atoms with Gasteiger partial charge in [-0.25, -0.2) is 4.98 Å². The van der Waals surface area contributed by atoms with E-state index in [1.165, 1.54) is 0 Å². The zero-order valence-electron chi connectivity index (χ0n) is 18.3. The third kappa shape index (κ3) is 5.67. The maximum Gasteiger partial charge on any atom is 0.119 e. The third-order valence-electron chi connectivity index (χ3n) is 4.76. The van der Waals surface area contributed by atoms with E-state index in [9.17, 15) is 0 Å². The fourth-order valence-electron chi connectivity index (χ4n) is 3.39. The molecule has 1 aliphatic rings. The van der Waals surface area contributed by atoms with E-state index in [2.05, 4.69) is 21.4 Å². The highest BCUT2D eigenvalue weighted by Crippen LogP contribution is 2.34. The van der Waals surface area contributed by atoms with E-state index in [1.807, 2.05) is 70.4 Å². The minimum absolute atomic E-state index is 0.473. The van der Waals surface area contributed by atoms with E-state index in [1.54, 1.807) is 7.11 Å². The number of ether oxygens (including phenoxy) is 1. The molecule has 1 fully saturated rings. The van der Waals surface area contributed by atoms with Crippen molar-refractivity contribution in [2.24, 2.45) is 0 Å². The highest BCUT2D eigenvalue weighted by Gasteiger charge is 2.22.